The van der Waals surface area contributed by atoms with E-state index in [0.717, 1.165) is 12.6 Å². The molecule has 1 saturated carbocycles. The third-order valence-corrected chi connectivity index (χ3v) is 4.38. The summed E-state index contributed by atoms with van der Waals surface area (Å²) in [7, 11) is 0. The van der Waals surface area contributed by atoms with Crippen molar-refractivity contribution in [3.8, 4) is 0 Å². The molecule has 2 heterocycles. The molecule has 3 rings (SSSR count). The Bertz CT molecular complexity index is 633. The largest absolute Gasteiger partial charge is 0.439 e. The zero-order valence-electron chi connectivity index (χ0n) is 12.3. The molecule has 5 nitrogen and oxygen atoms in total. The minimum Gasteiger partial charge on any atom is -0.362 e. The fourth-order valence-corrected chi connectivity index (χ4v) is 3.21. The summed E-state index contributed by atoms with van der Waals surface area (Å²) in [5.74, 6) is -2.20. The van der Waals surface area contributed by atoms with Gasteiger partial charge in [0.25, 0.3) is 11.6 Å². The summed E-state index contributed by atoms with van der Waals surface area (Å²) in [6, 6.07) is 2.79. The van der Waals surface area contributed by atoms with Gasteiger partial charge in [0.2, 0.25) is 0 Å². The molecule has 124 valence electrons. The Labute approximate surface area is 130 Å². The summed E-state index contributed by atoms with van der Waals surface area (Å²) in [5, 5.41) is 14.6. The number of pyridine rings is 1. The summed E-state index contributed by atoms with van der Waals surface area (Å²) < 4.78 is 40.9. The topological polar surface area (TPSA) is 65.8 Å². The smallest absolute Gasteiger partial charge is 0.362 e. The molecule has 1 fully saturated rings. The van der Waals surface area contributed by atoms with Crippen molar-refractivity contribution in [2.24, 2.45) is 11.0 Å². The summed E-state index contributed by atoms with van der Waals surface area (Å²) >= 11 is 0. The summed E-state index contributed by atoms with van der Waals surface area (Å²) in [6.45, 7) is 0. The number of aromatic nitrogens is 1. The molecule has 1 aromatic rings. The Hall–Kier alpha value is -1.96. The number of amides is 1. The predicted octanol–water partition coefficient (Wildman–Crippen LogP) is 2.72. The van der Waals surface area contributed by atoms with Gasteiger partial charge in [0, 0.05) is 18.1 Å². The molecule has 1 aliphatic carbocycles. The highest BCUT2D eigenvalue weighted by atomic mass is 19.4. The molecule has 0 bridgehead atoms. The first-order valence-electron chi connectivity index (χ1n) is 7.47. The number of alkyl halides is 3. The van der Waals surface area contributed by atoms with Crippen molar-refractivity contribution in [1.29, 1.82) is 0 Å². The molecule has 23 heavy (non-hydrogen) atoms. The molecule has 8 heteroatoms. The van der Waals surface area contributed by atoms with Gasteiger partial charge in [-0.1, -0.05) is 12.8 Å². The lowest BCUT2D eigenvalue weighted by Crippen LogP contribution is -2.61. The molecule has 0 aromatic carbocycles. The quantitative estimate of drug-likeness (QED) is 0.862. The number of hydrogen-bond donors (Lipinski definition) is 1. The monoisotopic (exact) mass is 327 g/mol. The molecular weight excluding hydrogens is 311 g/mol. The first-order chi connectivity index (χ1) is 10.9. The Morgan fingerprint density at radius 1 is 1.35 bits per heavy atom. The number of nitrogens with zero attached hydrogens (tertiary/aromatic N) is 3. The maximum Gasteiger partial charge on any atom is 0.439 e. The van der Waals surface area contributed by atoms with Crippen LogP contribution in [0.2, 0.25) is 0 Å². The fraction of sp³-hybridized carbons (Fsp3) is 0.533. The van der Waals surface area contributed by atoms with Crippen molar-refractivity contribution in [3.63, 3.8) is 0 Å². The lowest BCUT2D eigenvalue weighted by molar-refractivity contribution is -0.312. The average Bonchev–Trinajstić information content (AvgIpc) is 2.68. The van der Waals surface area contributed by atoms with Crippen LogP contribution in [0.3, 0.4) is 0 Å². The van der Waals surface area contributed by atoms with Crippen molar-refractivity contribution in [2.75, 3.05) is 0 Å². The van der Waals surface area contributed by atoms with Gasteiger partial charge in [0.05, 0.1) is 11.5 Å². The number of rotatable bonds is 1. The zero-order chi connectivity index (χ0) is 16.7. The summed E-state index contributed by atoms with van der Waals surface area (Å²) in [6.07, 6.45) is 0.159. The molecule has 0 unspecified atom stereocenters. The van der Waals surface area contributed by atoms with E-state index < -0.39 is 23.7 Å². The lowest BCUT2D eigenvalue weighted by Gasteiger charge is -2.37. The van der Waals surface area contributed by atoms with Crippen molar-refractivity contribution in [1.82, 2.24) is 9.99 Å². The van der Waals surface area contributed by atoms with E-state index in [-0.39, 0.29) is 22.7 Å². The van der Waals surface area contributed by atoms with Crippen LogP contribution < -0.4 is 0 Å². The zero-order valence-corrected chi connectivity index (χ0v) is 12.3. The van der Waals surface area contributed by atoms with Crippen LogP contribution in [0.25, 0.3) is 0 Å². The van der Waals surface area contributed by atoms with E-state index in [0.29, 0.717) is 19.3 Å². The van der Waals surface area contributed by atoms with E-state index in [9.17, 15) is 23.1 Å². The maximum absolute atomic E-state index is 13.6. The average molecular weight is 327 g/mol. The second kappa shape index (κ2) is 5.59. The van der Waals surface area contributed by atoms with Crippen LogP contribution in [0.5, 0.6) is 0 Å². The van der Waals surface area contributed by atoms with Gasteiger partial charge in [-0.3, -0.25) is 9.78 Å². The molecule has 0 spiro atoms. The predicted molar refractivity (Wildman–Crippen MR) is 75.4 cm³/mol. The van der Waals surface area contributed by atoms with Crippen LogP contribution in [-0.2, 0) is 0 Å². The maximum atomic E-state index is 13.6. The van der Waals surface area contributed by atoms with Crippen molar-refractivity contribution >= 4 is 11.6 Å². The SMILES string of the molecule is O=C(c1cccnc1)N1N=C2CCCCC[C@H]2[C@@]1(O)C(F)(F)F. The molecule has 1 amide bonds. The van der Waals surface area contributed by atoms with Crippen LogP contribution in [-0.4, -0.2) is 38.6 Å². The Kier molecular flexibility index (Phi) is 3.87. The van der Waals surface area contributed by atoms with Gasteiger partial charge in [0.15, 0.2) is 0 Å². The van der Waals surface area contributed by atoms with Crippen LogP contribution >= 0.6 is 0 Å². The molecule has 1 aliphatic heterocycles. The Morgan fingerprint density at radius 3 is 2.78 bits per heavy atom. The normalized spacial score (nSPS) is 28.1. The third kappa shape index (κ3) is 2.50. The molecule has 1 aromatic heterocycles. The number of fused-ring (bicyclic) bond motifs is 1. The second-order valence-electron chi connectivity index (χ2n) is 5.83. The van der Waals surface area contributed by atoms with Crippen LogP contribution in [0.4, 0.5) is 13.2 Å². The summed E-state index contributed by atoms with van der Waals surface area (Å²) in [4.78, 5) is 16.2. The highest BCUT2D eigenvalue weighted by molar-refractivity contribution is 5.99. The van der Waals surface area contributed by atoms with E-state index in [4.69, 9.17) is 0 Å². The van der Waals surface area contributed by atoms with E-state index in [2.05, 4.69) is 10.1 Å². The first kappa shape index (κ1) is 15.9. The first-order valence-corrected chi connectivity index (χ1v) is 7.47. The van der Waals surface area contributed by atoms with Crippen molar-refractivity contribution in [2.45, 2.75) is 44.0 Å². The van der Waals surface area contributed by atoms with Crippen molar-refractivity contribution in [3.05, 3.63) is 30.1 Å². The lowest BCUT2D eigenvalue weighted by atomic mass is 9.87. The van der Waals surface area contributed by atoms with Gasteiger partial charge < -0.3 is 5.11 Å². The van der Waals surface area contributed by atoms with Gasteiger partial charge in [-0.25, -0.2) is 0 Å². The number of carbonyl (C=O) groups excluding carboxylic acids is 1. The second-order valence-corrected chi connectivity index (χ2v) is 5.83. The number of aliphatic hydroxyl groups is 1. The van der Waals surface area contributed by atoms with Gasteiger partial charge in [-0.05, 0) is 31.4 Å². The Balaban J connectivity index is 2.04. The van der Waals surface area contributed by atoms with Crippen LogP contribution in [0, 0.1) is 5.92 Å². The highest BCUT2D eigenvalue weighted by Gasteiger charge is 2.68. The van der Waals surface area contributed by atoms with Crippen LogP contribution in [0.1, 0.15) is 42.5 Å². The molecule has 0 radical (unpaired) electrons. The van der Waals surface area contributed by atoms with E-state index in [1.807, 2.05) is 0 Å². The molecular formula is C15H16F3N3O2. The minimum atomic E-state index is -4.99. The Morgan fingerprint density at radius 2 is 2.13 bits per heavy atom. The standard InChI is InChI=1S/C15H16F3N3O2/c16-15(17,18)14(23)11-6-2-1-3-7-12(11)20-21(14)13(22)10-5-4-8-19-9-10/h4-5,8-9,11,23H,1-3,6-7H2/t11-,14-/m1/s1. The summed E-state index contributed by atoms with van der Waals surface area (Å²) in [5.41, 5.74) is -3.09. The number of carbonyl (C=O) groups is 1. The third-order valence-electron chi connectivity index (χ3n) is 4.38. The van der Waals surface area contributed by atoms with E-state index in [1.54, 1.807) is 0 Å². The minimum absolute atomic E-state index is 0.0454. The van der Waals surface area contributed by atoms with E-state index >= 15 is 0 Å². The number of halogens is 3. The van der Waals surface area contributed by atoms with Gasteiger partial charge in [-0.15, -0.1) is 0 Å². The highest BCUT2D eigenvalue weighted by Crippen LogP contribution is 2.47. The molecule has 2 atom stereocenters. The molecule has 1 N–H and O–H groups in total. The van der Waals surface area contributed by atoms with Gasteiger partial charge in [0.1, 0.15) is 0 Å². The van der Waals surface area contributed by atoms with Crippen LogP contribution in [0.15, 0.2) is 29.6 Å². The van der Waals surface area contributed by atoms with Gasteiger partial charge in [-0.2, -0.15) is 23.3 Å². The molecule has 2 aliphatic rings. The van der Waals surface area contributed by atoms with Gasteiger partial charge >= 0.3 is 6.18 Å². The number of hydrogen-bond acceptors (Lipinski definition) is 4. The van der Waals surface area contributed by atoms with E-state index in [1.165, 1.54) is 18.3 Å². The molecule has 0 saturated heterocycles. The fourth-order valence-electron chi connectivity index (χ4n) is 3.21. The number of hydrazone groups is 1. The van der Waals surface area contributed by atoms with Crippen molar-refractivity contribution < 1.29 is 23.1 Å².